The van der Waals surface area contributed by atoms with Crippen LogP contribution in [-0.2, 0) is 37.3 Å². The number of rotatable bonds is 13. The summed E-state index contributed by atoms with van der Waals surface area (Å²) in [5, 5.41) is 13.0. The molecule has 2 fully saturated rings. The van der Waals surface area contributed by atoms with E-state index < -0.39 is 5.91 Å². The molecule has 5 aromatic rings. The highest BCUT2D eigenvalue weighted by Crippen LogP contribution is 2.34. The Morgan fingerprint density at radius 3 is 2.55 bits per heavy atom. The molecule has 1 atom stereocenters. The Morgan fingerprint density at radius 2 is 1.78 bits per heavy atom. The van der Waals surface area contributed by atoms with Gasteiger partial charge in [0.05, 0.1) is 23.8 Å². The second kappa shape index (κ2) is 17.1. The summed E-state index contributed by atoms with van der Waals surface area (Å²) < 4.78 is 7.63. The molecule has 2 amide bonds. The maximum atomic E-state index is 14.8. The lowest BCUT2D eigenvalue weighted by atomic mass is 9.97. The number of hydrogen-bond acceptors (Lipinski definition) is 8. The molecular weight excluding hydrogens is 689 g/mol. The third-order valence-corrected chi connectivity index (χ3v) is 11.0. The number of piperazine rings is 1. The van der Waals surface area contributed by atoms with E-state index in [1.807, 2.05) is 15.8 Å². The molecule has 2 saturated heterocycles. The number of fused-ring (bicyclic) bond motifs is 1. The third kappa shape index (κ3) is 8.75. The number of benzene rings is 3. The van der Waals surface area contributed by atoms with E-state index in [9.17, 15) is 9.59 Å². The lowest BCUT2D eigenvalue weighted by Gasteiger charge is -2.31. The molecule has 2 aliphatic rings. The molecule has 11 nitrogen and oxygen atoms in total. The van der Waals surface area contributed by atoms with Crippen LogP contribution in [0.5, 0.6) is 0 Å². The Bertz CT molecular complexity index is 2160. The van der Waals surface area contributed by atoms with Crippen LogP contribution in [0.3, 0.4) is 0 Å². The fourth-order valence-corrected chi connectivity index (χ4v) is 7.95. The first-order chi connectivity index (χ1) is 26.7. The Labute approximate surface area is 324 Å². The summed E-state index contributed by atoms with van der Waals surface area (Å²) in [5.74, 6) is -0.763. The van der Waals surface area contributed by atoms with Crippen molar-refractivity contribution in [2.45, 2.75) is 85.2 Å². The van der Waals surface area contributed by atoms with Crippen molar-refractivity contribution in [3.8, 4) is 11.1 Å². The monoisotopic (exact) mass is 742 g/mol. The van der Waals surface area contributed by atoms with E-state index in [1.165, 1.54) is 5.56 Å². The van der Waals surface area contributed by atoms with Crippen LogP contribution in [0.15, 0.2) is 72.9 Å². The van der Waals surface area contributed by atoms with Crippen molar-refractivity contribution in [3.05, 3.63) is 112 Å². The molecular formula is C44H54N8O3. The van der Waals surface area contributed by atoms with E-state index >= 15 is 0 Å². The minimum atomic E-state index is -0.572. The smallest absolute Gasteiger partial charge is 0.254 e. The first-order valence-corrected chi connectivity index (χ1v) is 19.8. The Hall–Kier alpha value is -5.10. The van der Waals surface area contributed by atoms with Crippen LogP contribution < -0.4 is 16.4 Å². The molecule has 0 bridgehead atoms. The molecule has 4 heterocycles. The Morgan fingerprint density at radius 1 is 1.00 bits per heavy atom. The number of carbonyl (C=O) groups is 2. The first kappa shape index (κ1) is 38.2. The van der Waals surface area contributed by atoms with Crippen LogP contribution in [0.25, 0.3) is 22.2 Å². The van der Waals surface area contributed by atoms with Crippen molar-refractivity contribution in [1.29, 1.82) is 0 Å². The van der Waals surface area contributed by atoms with Crippen molar-refractivity contribution in [2.75, 3.05) is 38.2 Å². The van der Waals surface area contributed by atoms with Gasteiger partial charge in [-0.25, -0.2) is 9.67 Å². The maximum Gasteiger partial charge on any atom is 0.254 e. The van der Waals surface area contributed by atoms with E-state index in [2.05, 4.69) is 85.7 Å². The van der Waals surface area contributed by atoms with Crippen molar-refractivity contribution in [3.63, 3.8) is 0 Å². The molecule has 3 aromatic carbocycles. The van der Waals surface area contributed by atoms with Crippen molar-refractivity contribution < 1.29 is 14.3 Å². The summed E-state index contributed by atoms with van der Waals surface area (Å²) in [5.41, 5.74) is 15.7. The average Bonchev–Trinajstić information content (AvgIpc) is 3.62. The summed E-state index contributed by atoms with van der Waals surface area (Å²) in [7, 11) is 0. The second-order valence-corrected chi connectivity index (χ2v) is 15.0. The van der Waals surface area contributed by atoms with Gasteiger partial charge in [-0.05, 0) is 98.2 Å². The topological polar surface area (TPSA) is 131 Å². The van der Waals surface area contributed by atoms with E-state index in [0.29, 0.717) is 56.4 Å². The van der Waals surface area contributed by atoms with E-state index in [4.69, 9.17) is 20.6 Å². The number of primary amides is 1. The van der Waals surface area contributed by atoms with Crippen molar-refractivity contribution in [2.24, 2.45) is 5.73 Å². The maximum absolute atomic E-state index is 14.8. The molecule has 2 aromatic heterocycles. The normalized spacial score (nSPS) is 16.7. The van der Waals surface area contributed by atoms with Gasteiger partial charge in [-0.2, -0.15) is 5.10 Å². The standard InChI is InChI=1S/C44H54N8O3/c1-5-40-39(41(48-37-15-19-55-20-16-37)38-24-47-52(6-2)43(38)49-40)28-51(44(54)35-12-8-11-34(23-35)42(45)53)27-36-22-33(14-13-29(36)3)32-10-7-9-31(21-32)26-50-18-17-46-30(4)25-50/h7-14,21-24,30,37,46H,5-6,15-20,25-28H2,1-4H3,(H2,45,53)(H,48,49)/t30-/m0/s1. The van der Waals surface area contributed by atoms with Gasteiger partial charge < -0.3 is 26.0 Å². The minimum Gasteiger partial charge on any atom is -0.381 e. The second-order valence-electron chi connectivity index (χ2n) is 15.0. The number of pyridine rings is 1. The number of nitrogens with one attached hydrogen (secondary N) is 2. The number of anilines is 1. The molecule has 0 unspecified atom stereocenters. The average molecular weight is 743 g/mol. The zero-order valence-electron chi connectivity index (χ0n) is 32.6. The van der Waals surface area contributed by atoms with Gasteiger partial charge in [0.25, 0.3) is 5.91 Å². The summed E-state index contributed by atoms with van der Waals surface area (Å²) in [6.07, 6.45) is 4.34. The summed E-state index contributed by atoms with van der Waals surface area (Å²) in [4.78, 5) is 36.5. The molecule has 7 rings (SSSR count). The predicted molar refractivity (Wildman–Crippen MR) is 218 cm³/mol. The number of aryl methyl sites for hydroxylation is 3. The molecule has 11 heteroatoms. The molecule has 0 saturated carbocycles. The third-order valence-electron chi connectivity index (χ3n) is 11.0. The van der Waals surface area contributed by atoms with Gasteiger partial charge in [0, 0.05) is 87.0 Å². The van der Waals surface area contributed by atoms with Gasteiger partial charge in [0.15, 0.2) is 5.65 Å². The molecule has 55 heavy (non-hydrogen) atoms. The highest BCUT2D eigenvalue weighted by Gasteiger charge is 2.26. The minimum absolute atomic E-state index is 0.191. The lowest BCUT2D eigenvalue weighted by Crippen LogP contribution is -2.48. The SMILES string of the molecule is CCc1nc2c(cnn2CC)c(NC2CCOCC2)c1CN(Cc1cc(-c2cccc(CN3CCN[C@@H](C)C3)c2)ccc1C)C(=O)c1cccc(C(N)=O)c1. The number of ether oxygens (including phenoxy) is 1. The van der Waals surface area contributed by atoms with E-state index in [0.717, 1.165) is 89.3 Å². The molecule has 288 valence electrons. The molecule has 2 aliphatic heterocycles. The van der Waals surface area contributed by atoms with Gasteiger partial charge in [-0.3, -0.25) is 14.5 Å². The van der Waals surface area contributed by atoms with Gasteiger partial charge in [0.1, 0.15) is 0 Å². The molecule has 0 radical (unpaired) electrons. The fraction of sp³-hybridized carbons (Fsp3) is 0.409. The zero-order chi connectivity index (χ0) is 38.5. The van der Waals surface area contributed by atoms with Gasteiger partial charge in [0.2, 0.25) is 5.91 Å². The Kier molecular flexibility index (Phi) is 11.9. The highest BCUT2D eigenvalue weighted by molar-refractivity contribution is 5.99. The number of hydrogen-bond donors (Lipinski definition) is 3. The first-order valence-electron chi connectivity index (χ1n) is 19.8. The van der Waals surface area contributed by atoms with Crippen LogP contribution in [0.2, 0.25) is 0 Å². The highest BCUT2D eigenvalue weighted by atomic mass is 16.5. The summed E-state index contributed by atoms with van der Waals surface area (Å²) >= 11 is 0. The number of aromatic nitrogens is 3. The number of amides is 2. The zero-order valence-corrected chi connectivity index (χ0v) is 32.6. The quantitative estimate of drug-likeness (QED) is 0.128. The van der Waals surface area contributed by atoms with E-state index in [1.54, 1.807) is 24.3 Å². The van der Waals surface area contributed by atoms with E-state index in [-0.39, 0.29) is 11.9 Å². The van der Waals surface area contributed by atoms with Crippen LogP contribution in [-0.4, -0.2) is 81.3 Å². The molecule has 4 N–H and O–H groups in total. The van der Waals surface area contributed by atoms with Crippen LogP contribution in [0.1, 0.15) is 82.3 Å². The van der Waals surface area contributed by atoms with Gasteiger partial charge in [-0.15, -0.1) is 0 Å². The largest absolute Gasteiger partial charge is 0.381 e. The summed E-state index contributed by atoms with van der Waals surface area (Å²) in [6, 6.07) is 22.7. The van der Waals surface area contributed by atoms with Crippen LogP contribution in [0, 0.1) is 6.92 Å². The number of nitrogens with two attached hydrogens (primary N) is 1. The number of nitrogens with zero attached hydrogens (tertiary/aromatic N) is 5. The number of carbonyl (C=O) groups excluding carboxylic acids is 2. The van der Waals surface area contributed by atoms with Crippen LogP contribution in [0.4, 0.5) is 5.69 Å². The Balaban J connectivity index is 1.27. The van der Waals surface area contributed by atoms with Crippen molar-refractivity contribution >= 4 is 28.5 Å². The predicted octanol–water partition coefficient (Wildman–Crippen LogP) is 6.32. The van der Waals surface area contributed by atoms with Crippen molar-refractivity contribution in [1.82, 2.24) is 29.9 Å². The van der Waals surface area contributed by atoms with Gasteiger partial charge >= 0.3 is 0 Å². The molecule has 0 aliphatic carbocycles. The van der Waals surface area contributed by atoms with Crippen LogP contribution >= 0.6 is 0 Å². The summed E-state index contributed by atoms with van der Waals surface area (Å²) in [6.45, 7) is 15.2. The molecule has 0 spiro atoms. The van der Waals surface area contributed by atoms with Gasteiger partial charge in [-0.1, -0.05) is 43.3 Å². The fourth-order valence-electron chi connectivity index (χ4n) is 7.95. The lowest BCUT2D eigenvalue weighted by molar-refractivity contribution is 0.0729.